The second-order valence-corrected chi connectivity index (χ2v) is 9.46. The summed E-state index contributed by atoms with van der Waals surface area (Å²) >= 11 is 0. The molecule has 184 valence electrons. The van der Waals surface area contributed by atoms with Crippen LogP contribution < -0.4 is 10.6 Å². The summed E-state index contributed by atoms with van der Waals surface area (Å²) in [6.45, 7) is 13.7. The molecule has 3 atom stereocenters. The van der Waals surface area contributed by atoms with Gasteiger partial charge in [-0.2, -0.15) is 0 Å². The van der Waals surface area contributed by atoms with Crippen LogP contribution >= 0.6 is 0 Å². The first-order valence-electron chi connectivity index (χ1n) is 12.1. The maximum Gasteiger partial charge on any atom is 0.272 e. The van der Waals surface area contributed by atoms with E-state index >= 15 is 0 Å². The quantitative estimate of drug-likeness (QED) is 0.591. The number of hydrogen-bond donors (Lipinski definition) is 2. The highest BCUT2D eigenvalue weighted by Crippen LogP contribution is 2.28. The van der Waals surface area contributed by atoms with E-state index in [2.05, 4.69) is 20.6 Å². The average Bonchev–Trinajstić information content (AvgIpc) is 2.81. The van der Waals surface area contributed by atoms with Gasteiger partial charge in [0, 0.05) is 21.2 Å². The first-order valence-corrected chi connectivity index (χ1v) is 12.1. The van der Waals surface area contributed by atoms with E-state index in [1.54, 1.807) is 0 Å². The van der Waals surface area contributed by atoms with E-state index in [-0.39, 0.29) is 32.1 Å². The third-order valence-electron chi connectivity index (χ3n) is 6.02. The Morgan fingerprint density at radius 2 is 1.72 bits per heavy atom. The van der Waals surface area contributed by atoms with Gasteiger partial charge in [-0.25, -0.2) is 4.98 Å². The highest BCUT2D eigenvalue weighted by molar-refractivity contribution is 5.97. The van der Waals surface area contributed by atoms with Gasteiger partial charge in [0.1, 0.15) is 11.7 Å². The van der Waals surface area contributed by atoms with Crippen LogP contribution in [-0.2, 0) is 9.59 Å². The van der Waals surface area contributed by atoms with Gasteiger partial charge in [0.15, 0.2) is 5.78 Å². The number of ketones is 1. The van der Waals surface area contributed by atoms with Crippen molar-refractivity contribution >= 4 is 17.6 Å². The van der Waals surface area contributed by atoms with E-state index in [1.165, 1.54) is 18.6 Å². The van der Waals surface area contributed by atoms with Crippen LogP contribution in [0.4, 0.5) is 0 Å². The van der Waals surface area contributed by atoms with Gasteiger partial charge in [-0.3, -0.25) is 19.4 Å². The Kier molecular flexibility index (Phi) is 11.5. The second-order valence-electron chi connectivity index (χ2n) is 9.46. The summed E-state index contributed by atoms with van der Waals surface area (Å²) in [5, 5.41) is 5.86. The molecule has 2 N–H and O–H groups in total. The molecule has 7 heteroatoms. The zero-order valence-electron chi connectivity index (χ0n) is 20.9. The lowest BCUT2D eigenvalue weighted by Crippen LogP contribution is -2.58. The number of carbonyl (C=O) groups is 3. The van der Waals surface area contributed by atoms with Gasteiger partial charge in [-0.05, 0) is 30.6 Å². The SMILES string of the molecule is CC.CCC(C)C(=O)C(NC(=O)C(NC(=O)c1cnccn1)C1CCCCC1)C(C)(C)C.[HH].[HH]. The summed E-state index contributed by atoms with van der Waals surface area (Å²) in [6.07, 6.45) is 10.00. The van der Waals surface area contributed by atoms with Crippen molar-refractivity contribution in [2.75, 3.05) is 0 Å². The molecule has 1 fully saturated rings. The normalized spacial score (nSPS) is 17.2. The van der Waals surface area contributed by atoms with Crippen LogP contribution in [0.15, 0.2) is 18.6 Å². The molecule has 1 aliphatic rings. The van der Waals surface area contributed by atoms with Gasteiger partial charge in [0.25, 0.3) is 5.91 Å². The van der Waals surface area contributed by atoms with E-state index < -0.39 is 23.4 Å². The van der Waals surface area contributed by atoms with Crippen LogP contribution in [0.2, 0.25) is 0 Å². The van der Waals surface area contributed by atoms with E-state index in [4.69, 9.17) is 0 Å². The zero-order chi connectivity index (χ0) is 24.3. The molecule has 1 saturated carbocycles. The number of nitrogens with one attached hydrogen (secondary N) is 2. The Bertz CT molecular complexity index is 735. The van der Waals surface area contributed by atoms with Crippen molar-refractivity contribution in [1.82, 2.24) is 20.6 Å². The van der Waals surface area contributed by atoms with Gasteiger partial charge in [-0.1, -0.05) is 67.7 Å². The number of nitrogens with zero attached hydrogens (tertiary/aromatic N) is 2. The molecule has 0 radical (unpaired) electrons. The topological polar surface area (TPSA) is 101 Å². The molecular weight excluding hydrogens is 404 g/mol. The van der Waals surface area contributed by atoms with Gasteiger partial charge < -0.3 is 10.6 Å². The average molecular weight is 451 g/mol. The van der Waals surface area contributed by atoms with Gasteiger partial charge in [0.05, 0.1) is 12.2 Å². The Morgan fingerprint density at radius 3 is 2.22 bits per heavy atom. The number of carbonyl (C=O) groups excluding carboxylic acids is 3. The van der Waals surface area contributed by atoms with E-state index in [9.17, 15) is 14.4 Å². The van der Waals surface area contributed by atoms with Crippen molar-refractivity contribution in [2.24, 2.45) is 17.3 Å². The molecule has 0 spiro atoms. The van der Waals surface area contributed by atoms with Crippen molar-refractivity contribution in [1.29, 1.82) is 0 Å². The standard InChI is InChI=1S/C23H36N4O3.C2H6.2H2/c1-6-15(2)19(28)20(23(3,4)5)27-22(30)18(16-10-8-7-9-11-16)26-21(29)17-14-24-12-13-25-17;1-2;;/h12-16,18,20H,6-11H2,1-5H3,(H,26,29)(H,27,30);1-2H3;2*1H. The molecule has 2 rings (SSSR count). The van der Waals surface area contributed by atoms with Crippen molar-refractivity contribution in [3.63, 3.8) is 0 Å². The lowest BCUT2D eigenvalue weighted by atomic mass is 9.79. The molecule has 0 bridgehead atoms. The minimum Gasteiger partial charge on any atom is -0.344 e. The summed E-state index contributed by atoms with van der Waals surface area (Å²) in [5.41, 5.74) is -0.253. The maximum atomic E-state index is 13.4. The van der Waals surface area contributed by atoms with Crippen LogP contribution in [0.3, 0.4) is 0 Å². The predicted octanol–water partition coefficient (Wildman–Crippen LogP) is 4.82. The van der Waals surface area contributed by atoms with Crippen LogP contribution in [-0.4, -0.2) is 39.6 Å². The van der Waals surface area contributed by atoms with Crippen molar-refractivity contribution in [2.45, 2.75) is 99.1 Å². The summed E-state index contributed by atoms with van der Waals surface area (Å²) in [5.74, 6) is -0.790. The first-order chi connectivity index (χ1) is 15.1. The molecule has 1 aliphatic carbocycles. The number of rotatable bonds is 8. The molecule has 2 amide bonds. The van der Waals surface area contributed by atoms with Crippen molar-refractivity contribution < 1.29 is 17.2 Å². The molecule has 1 aromatic heterocycles. The van der Waals surface area contributed by atoms with Crippen LogP contribution in [0, 0.1) is 17.3 Å². The number of aromatic nitrogens is 2. The fourth-order valence-corrected chi connectivity index (χ4v) is 3.93. The molecule has 7 nitrogen and oxygen atoms in total. The highest BCUT2D eigenvalue weighted by atomic mass is 16.2. The number of hydrogen-bond acceptors (Lipinski definition) is 5. The summed E-state index contributed by atoms with van der Waals surface area (Å²) in [7, 11) is 0. The molecule has 1 heterocycles. The summed E-state index contributed by atoms with van der Waals surface area (Å²) in [6, 6.07) is -1.31. The molecule has 1 aromatic rings. The maximum absolute atomic E-state index is 13.4. The fraction of sp³-hybridized carbons (Fsp3) is 0.720. The summed E-state index contributed by atoms with van der Waals surface area (Å²) < 4.78 is 0. The lowest BCUT2D eigenvalue weighted by Gasteiger charge is -2.35. The third-order valence-corrected chi connectivity index (χ3v) is 6.02. The fourth-order valence-electron chi connectivity index (χ4n) is 3.93. The van der Waals surface area contributed by atoms with E-state index in [0.29, 0.717) is 0 Å². The minimum absolute atomic E-state index is 0. The molecular formula is C25H46N4O3. The van der Waals surface area contributed by atoms with E-state index in [0.717, 1.165) is 38.5 Å². The number of Topliss-reactive ketones (excluding diaryl/α,β-unsaturated/α-hetero) is 1. The van der Waals surface area contributed by atoms with Gasteiger partial charge in [-0.15, -0.1) is 0 Å². The van der Waals surface area contributed by atoms with Gasteiger partial charge in [0.2, 0.25) is 5.91 Å². The van der Waals surface area contributed by atoms with Gasteiger partial charge >= 0.3 is 0 Å². The van der Waals surface area contributed by atoms with Crippen LogP contribution in [0.5, 0.6) is 0 Å². The zero-order valence-corrected chi connectivity index (χ0v) is 20.9. The molecule has 3 unspecified atom stereocenters. The Morgan fingerprint density at radius 1 is 1.09 bits per heavy atom. The Balaban J connectivity index is 0. The van der Waals surface area contributed by atoms with Crippen LogP contribution in [0.25, 0.3) is 0 Å². The van der Waals surface area contributed by atoms with Crippen molar-refractivity contribution in [3.8, 4) is 0 Å². The largest absolute Gasteiger partial charge is 0.344 e. The molecule has 0 aromatic carbocycles. The molecule has 0 aliphatic heterocycles. The summed E-state index contributed by atoms with van der Waals surface area (Å²) in [4.78, 5) is 47.0. The smallest absolute Gasteiger partial charge is 0.272 e. The molecule has 0 saturated heterocycles. The molecule has 32 heavy (non-hydrogen) atoms. The highest BCUT2D eigenvalue weighted by Gasteiger charge is 2.38. The van der Waals surface area contributed by atoms with Crippen LogP contribution in [0.1, 0.15) is 100 Å². The van der Waals surface area contributed by atoms with E-state index in [1.807, 2.05) is 48.5 Å². The monoisotopic (exact) mass is 450 g/mol. The van der Waals surface area contributed by atoms with Crippen molar-refractivity contribution in [3.05, 3.63) is 24.3 Å². The first kappa shape index (κ1) is 27.7. The lowest BCUT2D eigenvalue weighted by molar-refractivity contribution is -0.134. The Labute approximate surface area is 196 Å². The predicted molar refractivity (Wildman–Crippen MR) is 131 cm³/mol. The number of amides is 2. The second kappa shape index (κ2) is 13.3. The third kappa shape index (κ3) is 7.99. The Hall–Kier alpha value is -2.31. The minimum atomic E-state index is -0.700.